The van der Waals surface area contributed by atoms with Crippen LogP contribution in [-0.2, 0) is 26.3 Å². The molecule has 8 heteroatoms. The summed E-state index contributed by atoms with van der Waals surface area (Å²) < 4.78 is 0. The van der Waals surface area contributed by atoms with Crippen molar-refractivity contribution in [2.75, 3.05) is 7.05 Å². The number of nitrogens with two attached hydrogens (primary N) is 1. The van der Waals surface area contributed by atoms with E-state index in [1.165, 1.54) is 5.56 Å². The zero-order valence-electron chi connectivity index (χ0n) is 13.6. The van der Waals surface area contributed by atoms with Crippen LogP contribution in [0, 0.1) is 0 Å². The van der Waals surface area contributed by atoms with Crippen molar-refractivity contribution in [3.05, 3.63) is 46.5 Å². The molecule has 1 amide bonds. The monoisotopic (exact) mass is 366 g/mol. The highest BCUT2D eigenvalue weighted by Crippen LogP contribution is 2.48. The molecule has 25 heavy (non-hydrogen) atoms. The number of likely N-dealkylation sites (N-methyl/N-ethyl adjacent to an activating group) is 1. The minimum atomic E-state index is -1.26. The topological polar surface area (TPSA) is 121 Å². The van der Waals surface area contributed by atoms with E-state index in [-0.39, 0.29) is 11.9 Å². The molecule has 1 spiro atoms. The Bertz CT molecular complexity index is 725. The maximum absolute atomic E-state index is 12.4. The molecule has 0 radical (unpaired) electrons. The van der Waals surface area contributed by atoms with Gasteiger partial charge >= 0.3 is 11.9 Å². The van der Waals surface area contributed by atoms with Crippen molar-refractivity contribution < 1.29 is 24.6 Å². The number of hydrogen-bond acceptors (Lipinski definition) is 4. The van der Waals surface area contributed by atoms with Gasteiger partial charge in [-0.3, -0.25) is 4.79 Å². The number of nitrogens with zero attached hydrogens (tertiary/aromatic N) is 1. The van der Waals surface area contributed by atoms with E-state index in [2.05, 4.69) is 0 Å². The van der Waals surface area contributed by atoms with E-state index in [1.54, 1.807) is 4.90 Å². The zero-order valence-corrected chi connectivity index (χ0v) is 14.4. The normalized spacial score (nSPS) is 24.4. The van der Waals surface area contributed by atoms with E-state index in [4.69, 9.17) is 27.5 Å². The Balaban J connectivity index is 0.000000242. The molecule has 1 aromatic carbocycles. The fourth-order valence-electron chi connectivity index (χ4n) is 3.31. The van der Waals surface area contributed by atoms with Gasteiger partial charge in [-0.25, -0.2) is 9.59 Å². The van der Waals surface area contributed by atoms with Crippen LogP contribution in [0.15, 0.2) is 30.4 Å². The summed E-state index contributed by atoms with van der Waals surface area (Å²) in [7, 11) is 1.85. The lowest BCUT2D eigenvalue weighted by atomic mass is 9.59. The molecular weight excluding hydrogens is 348 g/mol. The largest absolute Gasteiger partial charge is 0.478 e. The highest BCUT2D eigenvalue weighted by molar-refractivity contribution is 6.30. The van der Waals surface area contributed by atoms with Gasteiger partial charge < -0.3 is 20.8 Å². The summed E-state index contributed by atoms with van der Waals surface area (Å²) in [6.45, 7) is 0.669. The number of hydrogen-bond donors (Lipinski definition) is 3. The molecule has 0 bridgehead atoms. The Morgan fingerprint density at radius 2 is 1.84 bits per heavy atom. The molecule has 7 nitrogen and oxygen atoms in total. The second-order valence-electron chi connectivity index (χ2n) is 6.22. The molecule has 0 atom stereocenters. The van der Waals surface area contributed by atoms with Gasteiger partial charge in [0.05, 0.1) is 5.41 Å². The lowest BCUT2D eigenvalue weighted by molar-refractivity contribution is -0.142. The van der Waals surface area contributed by atoms with Gasteiger partial charge in [0.1, 0.15) is 0 Å². The number of carboxylic acid groups (broad SMARTS) is 2. The van der Waals surface area contributed by atoms with Gasteiger partial charge in [-0.05, 0) is 36.1 Å². The van der Waals surface area contributed by atoms with E-state index < -0.39 is 17.4 Å². The first-order chi connectivity index (χ1) is 11.7. The first-order valence-corrected chi connectivity index (χ1v) is 7.97. The second-order valence-corrected chi connectivity index (χ2v) is 6.66. The maximum Gasteiger partial charge on any atom is 0.328 e. The third kappa shape index (κ3) is 4.00. The minimum absolute atomic E-state index is 0.136. The van der Waals surface area contributed by atoms with Crippen LogP contribution in [0.5, 0.6) is 0 Å². The van der Waals surface area contributed by atoms with Crippen molar-refractivity contribution in [3.63, 3.8) is 0 Å². The zero-order chi connectivity index (χ0) is 18.8. The summed E-state index contributed by atoms with van der Waals surface area (Å²) in [5, 5.41) is 16.3. The SMILES string of the molecule is CN1Cc2ccc(Cl)cc2C2(CC(N)C2)C1=O.O=C(O)/C=C/C(=O)O. The molecule has 3 rings (SSSR count). The van der Waals surface area contributed by atoms with E-state index >= 15 is 0 Å². The molecule has 1 saturated carbocycles. The van der Waals surface area contributed by atoms with Gasteiger partial charge in [0.15, 0.2) is 0 Å². The molecule has 0 unspecified atom stereocenters. The molecule has 1 aliphatic carbocycles. The summed E-state index contributed by atoms with van der Waals surface area (Å²) in [6.07, 6.45) is 2.59. The van der Waals surface area contributed by atoms with Crippen LogP contribution in [0.2, 0.25) is 5.02 Å². The Hall–Kier alpha value is -2.38. The predicted molar refractivity (Wildman–Crippen MR) is 91.2 cm³/mol. The minimum Gasteiger partial charge on any atom is -0.478 e. The number of benzene rings is 1. The van der Waals surface area contributed by atoms with Gasteiger partial charge in [-0.15, -0.1) is 0 Å². The van der Waals surface area contributed by atoms with Crippen LogP contribution in [-0.4, -0.2) is 46.0 Å². The predicted octanol–water partition coefficient (Wildman–Crippen LogP) is 1.38. The van der Waals surface area contributed by atoms with Gasteiger partial charge in [0.25, 0.3) is 0 Å². The van der Waals surface area contributed by atoms with Gasteiger partial charge in [-0.1, -0.05) is 17.7 Å². The molecule has 134 valence electrons. The Morgan fingerprint density at radius 1 is 1.28 bits per heavy atom. The fourth-order valence-corrected chi connectivity index (χ4v) is 3.48. The van der Waals surface area contributed by atoms with Gasteiger partial charge in [0.2, 0.25) is 5.91 Å². The van der Waals surface area contributed by atoms with Crippen LogP contribution < -0.4 is 5.73 Å². The third-order valence-electron chi connectivity index (χ3n) is 4.34. The van der Waals surface area contributed by atoms with Crippen LogP contribution >= 0.6 is 11.6 Å². The Kier molecular flexibility index (Phi) is 5.49. The lowest BCUT2D eigenvalue weighted by Gasteiger charge is -2.50. The molecule has 1 fully saturated rings. The third-order valence-corrected chi connectivity index (χ3v) is 4.58. The van der Waals surface area contributed by atoms with Crippen molar-refractivity contribution in [1.29, 1.82) is 0 Å². The highest BCUT2D eigenvalue weighted by atomic mass is 35.5. The molecule has 0 aromatic heterocycles. The molecular formula is C17H19ClN2O5. The molecule has 1 aliphatic heterocycles. The number of carbonyl (C=O) groups excluding carboxylic acids is 1. The average molecular weight is 367 g/mol. The Labute approximate surface area is 149 Å². The number of amides is 1. The highest BCUT2D eigenvalue weighted by Gasteiger charge is 2.54. The quantitative estimate of drug-likeness (QED) is 0.680. The summed E-state index contributed by atoms with van der Waals surface area (Å²) in [4.78, 5) is 33.3. The molecule has 1 aromatic rings. The van der Waals surface area contributed by atoms with Gasteiger partial charge in [-0.2, -0.15) is 0 Å². The molecule has 4 N–H and O–H groups in total. The van der Waals surface area contributed by atoms with Crippen molar-refractivity contribution >= 4 is 29.4 Å². The number of carboxylic acids is 2. The smallest absolute Gasteiger partial charge is 0.328 e. The summed E-state index contributed by atoms with van der Waals surface area (Å²) in [5.41, 5.74) is 7.78. The van der Waals surface area contributed by atoms with Crippen molar-refractivity contribution in [3.8, 4) is 0 Å². The van der Waals surface area contributed by atoms with E-state index in [0.29, 0.717) is 23.7 Å². The van der Waals surface area contributed by atoms with Gasteiger partial charge in [0, 0.05) is 36.8 Å². The van der Waals surface area contributed by atoms with E-state index in [0.717, 1.165) is 18.4 Å². The summed E-state index contributed by atoms with van der Waals surface area (Å²) in [5.74, 6) is -2.33. The summed E-state index contributed by atoms with van der Waals surface area (Å²) >= 11 is 6.05. The number of aliphatic carboxylic acids is 2. The van der Waals surface area contributed by atoms with Crippen molar-refractivity contribution in [2.24, 2.45) is 5.73 Å². The number of halogens is 1. The van der Waals surface area contributed by atoms with Crippen LogP contribution in [0.25, 0.3) is 0 Å². The molecule has 2 aliphatic rings. The Morgan fingerprint density at radius 3 is 2.32 bits per heavy atom. The maximum atomic E-state index is 12.4. The van der Waals surface area contributed by atoms with Crippen molar-refractivity contribution in [2.45, 2.75) is 30.8 Å². The first kappa shape index (κ1) is 19.0. The van der Waals surface area contributed by atoms with Crippen LogP contribution in [0.4, 0.5) is 0 Å². The number of rotatable bonds is 2. The second kappa shape index (κ2) is 7.25. The number of fused-ring (bicyclic) bond motifs is 2. The molecule has 1 heterocycles. The first-order valence-electron chi connectivity index (χ1n) is 7.59. The van der Waals surface area contributed by atoms with Crippen molar-refractivity contribution in [1.82, 2.24) is 4.90 Å². The summed E-state index contributed by atoms with van der Waals surface area (Å²) in [6, 6.07) is 5.98. The van der Waals surface area contributed by atoms with Crippen LogP contribution in [0.3, 0.4) is 0 Å². The molecule has 0 saturated heterocycles. The average Bonchev–Trinajstić information content (AvgIpc) is 2.50. The van der Waals surface area contributed by atoms with E-state index in [1.807, 2.05) is 25.2 Å². The standard InChI is InChI=1S/C13H15ClN2O.C4H4O4/c1-16-7-8-2-3-9(14)4-11(8)13(12(16)17)5-10(15)6-13;5-3(6)1-2-4(7)8/h2-4,10H,5-7,15H2,1H3;1-2H,(H,5,6)(H,7,8)/b;2-1+. The number of carbonyl (C=O) groups is 3. The van der Waals surface area contributed by atoms with E-state index in [9.17, 15) is 14.4 Å². The van der Waals surface area contributed by atoms with Crippen LogP contribution in [0.1, 0.15) is 24.0 Å². The lowest BCUT2D eigenvalue weighted by Crippen LogP contribution is -2.60. The fraction of sp³-hybridized carbons (Fsp3) is 0.353.